The summed E-state index contributed by atoms with van der Waals surface area (Å²) in [6, 6.07) is 0. The van der Waals surface area contributed by atoms with Crippen molar-refractivity contribution in [1.29, 1.82) is 0 Å². The van der Waals surface area contributed by atoms with Crippen LogP contribution < -0.4 is 0 Å². The van der Waals surface area contributed by atoms with Gasteiger partial charge in [0.2, 0.25) is 0 Å². The molecule has 0 bridgehead atoms. The third-order valence-electron chi connectivity index (χ3n) is 0.367. The fourth-order valence-electron chi connectivity index (χ4n) is 0.201. The third kappa shape index (κ3) is 5.95. The van der Waals surface area contributed by atoms with E-state index >= 15 is 0 Å². The molecule has 0 amide bonds. The Morgan fingerprint density at radius 1 is 1.57 bits per heavy atom. The van der Waals surface area contributed by atoms with Crippen LogP contribution in [0.3, 0.4) is 0 Å². The average Bonchev–Trinajstić information content (AvgIpc) is 1.30. The lowest BCUT2D eigenvalue weighted by atomic mass is 10.5. The van der Waals surface area contributed by atoms with Gasteiger partial charge in [0, 0.05) is 0 Å². The highest BCUT2D eigenvalue weighted by atomic mass is 32.1. The average molecular weight is 124 g/mol. The van der Waals surface area contributed by atoms with Crippen molar-refractivity contribution in [2.24, 2.45) is 0 Å². The molecular weight excluding hydrogens is 118 g/mol. The molecule has 42 valence electrons. The Kier molecular flexibility index (Phi) is 2.29. The molecule has 0 fully saturated rings. The van der Waals surface area contributed by atoms with Crippen molar-refractivity contribution in [2.75, 3.05) is 0 Å². The number of alkyl halides is 2. The smallest absolute Gasteiger partial charge is 0.190 e. The molecule has 0 unspecified atom stereocenters. The number of halogens is 2. The minimum Gasteiger partial charge on any atom is -0.190 e. The first kappa shape index (κ1) is 6.95. The van der Waals surface area contributed by atoms with E-state index in [1.807, 2.05) is 0 Å². The fourth-order valence-corrected chi connectivity index (χ4v) is 0.350. The number of hydrogen-bond donors (Lipinski definition) is 1. The van der Waals surface area contributed by atoms with E-state index in [1.54, 1.807) is 0 Å². The predicted molar refractivity (Wildman–Crippen MR) is 28.7 cm³/mol. The molecule has 0 aliphatic carbocycles. The summed E-state index contributed by atoms with van der Waals surface area (Å²) in [4.78, 5) is 0. The Morgan fingerprint density at radius 2 is 2.00 bits per heavy atom. The third-order valence-corrected chi connectivity index (χ3v) is 0.516. The molecule has 0 atom stereocenters. The van der Waals surface area contributed by atoms with E-state index in [-0.39, 0.29) is 0 Å². The van der Waals surface area contributed by atoms with Crippen LogP contribution in [0.4, 0.5) is 8.78 Å². The van der Waals surface area contributed by atoms with Crippen LogP contribution in [0, 0.1) is 0 Å². The van der Waals surface area contributed by atoms with Crippen molar-refractivity contribution in [1.82, 2.24) is 0 Å². The van der Waals surface area contributed by atoms with E-state index in [4.69, 9.17) is 0 Å². The molecule has 0 rings (SSSR count). The van der Waals surface area contributed by atoms with E-state index < -0.39 is 5.25 Å². The zero-order valence-corrected chi connectivity index (χ0v) is 4.75. The molecule has 0 heterocycles. The molecule has 0 aromatic rings. The molecule has 0 spiro atoms. The van der Waals surface area contributed by atoms with Gasteiger partial charge in [-0.2, -0.15) is 8.78 Å². The zero-order valence-electron chi connectivity index (χ0n) is 3.86. The largest absolute Gasteiger partial charge is 0.309 e. The van der Waals surface area contributed by atoms with E-state index in [2.05, 4.69) is 12.6 Å². The van der Waals surface area contributed by atoms with E-state index in [9.17, 15) is 8.78 Å². The Bertz CT molecular complexity index is 72.2. The lowest BCUT2D eigenvalue weighted by Crippen LogP contribution is -1.97. The summed E-state index contributed by atoms with van der Waals surface area (Å²) in [7, 11) is 0. The second-order valence-corrected chi connectivity index (χ2v) is 1.68. The summed E-state index contributed by atoms with van der Waals surface area (Å²) < 4.78 is 23.0. The van der Waals surface area contributed by atoms with Crippen LogP contribution in [-0.4, -0.2) is 5.25 Å². The van der Waals surface area contributed by atoms with Crippen molar-refractivity contribution in [2.45, 2.75) is 12.2 Å². The van der Waals surface area contributed by atoms with Gasteiger partial charge in [-0.05, 0) is 13.0 Å². The van der Waals surface area contributed by atoms with Crippen LogP contribution >= 0.6 is 12.6 Å². The summed E-state index contributed by atoms with van der Waals surface area (Å²) in [5.74, 6) is 0. The monoisotopic (exact) mass is 124 g/mol. The first-order chi connectivity index (χ1) is 3.06. The highest BCUT2D eigenvalue weighted by Crippen LogP contribution is 2.18. The number of allylic oxidation sites excluding steroid dienone is 1. The van der Waals surface area contributed by atoms with Crippen LogP contribution in [0.15, 0.2) is 12.2 Å². The normalized spacial score (nSPS) is 13.1. The van der Waals surface area contributed by atoms with Crippen molar-refractivity contribution in [3.8, 4) is 0 Å². The van der Waals surface area contributed by atoms with Gasteiger partial charge in [-0.25, -0.2) is 0 Å². The van der Waals surface area contributed by atoms with Crippen LogP contribution in [0.1, 0.15) is 6.92 Å². The predicted octanol–water partition coefficient (Wildman–Crippen LogP) is 2.09. The first-order valence-corrected chi connectivity index (χ1v) is 2.25. The van der Waals surface area contributed by atoms with Gasteiger partial charge in [0.25, 0.3) is 0 Å². The molecule has 0 aromatic heterocycles. The van der Waals surface area contributed by atoms with Crippen molar-refractivity contribution in [3.05, 3.63) is 12.2 Å². The maximum Gasteiger partial charge on any atom is 0.309 e. The molecular formula is C4H6F2S. The molecule has 0 nitrogen and oxygen atoms in total. The number of hydrogen-bond acceptors (Lipinski definition) is 1. The second-order valence-electron chi connectivity index (χ2n) is 1.09. The molecule has 0 aliphatic heterocycles. The van der Waals surface area contributed by atoms with Gasteiger partial charge in [0.05, 0.1) is 0 Å². The lowest BCUT2D eigenvalue weighted by molar-refractivity contribution is 0.165. The number of thiol groups is 1. The van der Waals surface area contributed by atoms with Crippen molar-refractivity contribution in [3.63, 3.8) is 0 Å². The van der Waals surface area contributed by atoms with Gasteiger partial charge in [0.1, 0.15) is 0 Å². The topological polar surface area (TPSA) is 0 Å². The van der Waals surface area contributed by atoms with E-state index in [0.29, 0.717) is 0 Å². The number of rotatable bonds is 1. The zero-order chi connectivity index (χ0) is 5.91. The Labute approximate surface area is 46.6 Å². The molecule has 0 aliphatic rings. The molecule has 7 heavy (non-hydrogen) atoms. The van der Waals surface area contributed by atoms with Gasteiger partial charge in [-0.1, -0.05) is 6.08 Å². The lowest BCUT2D eigenvalue weighted by Gasteiger charge is -1.97. The molecule has 0 saturated carbocycles. The Hall–Kier alpha value is -0.0500. The SMILES string of the molecule is C/C=C/C(F)(F)S. The minimum absolute atomic E-state index is 0.718. The maximum atomic E-state index is 11.5. The second kappa shape index (κ2) is 2.31. The molecule has 0 N–H and O–H groups in total. The van der Waals surface area contributed by atoms with E-state index in [0.717, 1.165) is 6.08 Å². The standard InChI is InChI=1S/C4H6F2S/c1-2-3-4(5,6)7/h2-3,7H,1H3/b3-2+. The Morgan fingerprint density at radius 3 is 2.00 bits per heavy atom. The van der Waals surface area contributed by atoms with Crippen LogP contribution in [0.2, 0.25) is 0 Å². The molecule has 0 aromatic carbocycles. The van der Waals surface area contributed by atoms with Gasteiger partial charge >= 0.3 is 5.25 Å². The van der Waals surface area contributed by atoms with E-state index in [1.165, 1.54) is 13.0 Å². The van der Waals surface area contributed by atoms with Crippen LogP contribution in [-0.2, 0) is 0 Å². The maximum absolute atomic E-state index is 11.5. The van der Waals surface area contributed by atoms with Gasteiger partial charge in [0.15, 0.2) is 0 Å². The van der Waals surface area contributed by atoms with Gasteiger partial charge < -0.3 is 0 Å². The summed E-state index contributed by atoms with van der Waals surface area (Å²) in [5, 5.41) is -2.94. The van der Waals surface area contributed by atoms with Crippen molar-refractivity contribution >= 4 is 12.6 Å². The molecule has 3 heteroatoms. The molecule has 0 radical (unpaired) electrons. The van der Waals surface area contributed by atoms with Gasteiger partial charge in [-0.3, -0.25) is 0 Å². The highest BCUT2D eigenvalue weighted by molar-refractivity contribution is 7.81. The quantitative estimate of drug-likeness (QED) is 0.401. The summed E-state index contributed by atoms with van der Waals surface area (Å²) in [6.45, 7) is 1.52. The van der Waals surface area contributed by atoms with Crippen LogP contribution in [0.25, 0.3) is 0 Å². The van der Waals surface area contributed by atoms with Crippen molar-refractivity contribution < 1.29 is 8.78 Å². The summed E-state index contributed by atoms with van der Waals surface area (Å²) >= 11 is 2.91. The minimum atomic E-state index is -2.94. The summed E-state index contributed by atoms with van der Waals surface area (Å²) in [5.41, 5.74) is 0. The fraction of sp³-hybridized carbons (Fsp3) is 0.500. The molecule has 0 saturated heterocycles. The highest BCUT2D eigenvalue weighted by Gasteiger charge is 2.15. The first-order valence-electron chi connectivity index (χ1n) is 1.80. The van der Waals surface area contributed by atoms with Crippen LogP contribution in [0.5, 0.6) is 0 Å². The summed E-state index contributed by atoms with van der Waals surface area (Å²) in [6.07, 6.45) is 1.98. The van der Waals surface area contributed by atoms with Gasteiger partial charge in [-0.15, -0.1) is 12.6 Å². The Balaban J connectivity index is 3.56.